The molecule has 142 valence electrons. The highest BCUT2D eigenvalue weighted by Gasteiger charge is 2.07. The van der Waals surface area contributed by atoms with Gasteiger partial charge in [-0.1, -0.05) is 18.2 Å². The van der Waals surface area contributed by atoms with Crippen LogP contribution in [-0.2, 0) is 11.3 Å². The fourth-order valence-corrected chi connectivity index (χ4v) is 3.02. The topological polar surface area (TPSA) is 90.2 Å². The van der Waals surface area contributed by atoms with Crippen molar-refractivity contribution in [2.24, 2.45) is 0 Å². The Balaban J connectivity index is 1.23. The molecule has 0 bridgehead atoms. The van der Waals surface area contributed by atoms with Crippen molar-refractivity contribution in [1.82, 2.24) is 24.1 Å². The van der Waals surface area contributed by atoms with Crippen LogP contribution in [0.3, 0.4) is 0 Å². The SMILES string of the molecule is O=C(/C=C\c1nc2ccccc2o1)Nc1ccn(Cc2cn3ccccc3n2)n1. The van der Waals surface area contributed by atoms with E-state index in [9.17, 15) is 4.79 Å². The third kappa shape index (κ3) is 3.63. The Bertz CT molecular complexity index is 1280. The van der Waals surface area contributed by atoms with Gasteiger partial charge in [-0.15, -0.1) is 0 Å². The number of fused-ring (bicyclic) bond motifs is 2. The van der Waals surface area contributed by atoms with E-state index in [2.05, 4.69) is 20.4 Å². The van der Waals surface area contributed by atoms with E-state index < -0.39 is 0 Å². The summed E-state index contributed by atoms with van der Waals surface area (Å²) in [6.45, 7) is 0.510. The number of hydrogen-bond donors (Lipinski definition) is 1. The fourth-order valence-electron chi connectivity index (χ4n) is 3.02. The van der Waals surface area contributed by atoms with Gasteiger partial charge in [0.15, 0.2) is 11.4 Å². The molecule has 1 N–H and O–H groups in total. The van der Waals surface area contributed by atoms with Crippen molar-refractivity contribution >= 4 is 34.5 Å². The molecule has 4 aromatic heterocycles. The Kier molecular flexibility index (Phi) is 4.14. The summed E-state index contributed by atoms with van der Waals surface area (Å²) in [7, 11) is 0. The molecule has 4 heterocycles. The molecule has 0 saturated heterocycles. The lowest BCUT2D eigenvalue weighted by Gasteiger charge is -1.98. The third-order valence-electron chi connectivity index (χ3n) is 4.32. The van der Waals surface area contributed by atoms with Gasteiger partial charge in [0, 0.05) is 36.8 Å². The predicted molar refractivity (Wildman–Crippen MR) is 108 cm³/mol. The second kappa shape index (κ2) is 7.08. The molecule has 5 aromatic rings. The number of imidazole rings is 1. The normalized spacial score (nSPS) is 11.6. The highest BCUT2D eigenvalue weighted by Crippen LogP contribution is 2.15. The summed E-state index contributed by atoms with van der Waals surface area (Å²) in [6, 6.07) is 15.0. The Morgan fingerprint density at radius 1 is 1.07 bits per heavy atom. The number of benzene rings is 1. The van der Waals surface area contributed by atoms with Gasteiger partial charge in [0.05, 0.1) is 12.2 Å². The molecule has 0 atom stereocenters. The maximum atomic E-state index is 12.2. The molecule has 0 aliphatic carbocycles. The number of carbonyl (C=O) groups is 1. The predicted octanol–water partition coefficient (Wildman–Crippen LogP) is 3.37. The average Bonchev–Trinajstić information content (AvgIpc) is 3.43. The van der Waals surface area contributed by atoms with E-state index >= 15 is 0 Å². The number of hydrogen-bond acceptors (Lipinski definition) is 5. The molecule has 29 heavy (non-hydrogen) atoms. The summed E-state index contributed by atoms with van der Waals surface area (Å²) < 4.78 is 9.24. The Morgan fingerprint density at radius 3 is 2.86 bits per heavy atom. The van der Waals surface area contributed by atoms with Crippen molar-refractivity contribution in [3.63, 3.8) is 0 Å². The Morgan fingerprint density at radius 2 is 1.97 bits per heavy atom. The average molecular weight is 384 g/mol. The van der Waals surface area contributed by atoms with Gasteiger partial charge in [0.25, 0.3) is 0 Å². The molecule has 0 aliphatic heterocycles. The van der Waals surface area contributed by atoms with Crippen molar-refractivity contribution in [2.75, 3.05) is 5.32 Å². The first kappa shape index (κ1) is 16.9. The number of rotatable bonds is 5. The lowest BCUT2D eigenvalue weighted by Crippen LogP contribution is -2.09. The van der Waals surface area contributed by atoms with Crippen LogP contribution < -0.4 is 5.32 Å². The van der Waals surface area contributed by atoms with E-state index in [0.717, 1.165) is 16.9 Å². The van der Waals surface area contributed by atoms with Gasteiger partial charge >= 0.3 is 0 Å². The first-order valence-corrected chi connectivity index (χ1v) is 9.04. The summed E-state index contributed by atoms with van der Waals surface area (Å²) in [6.07, 6.45) is 8.60. The van der Waals surface area contributed by atoms with Crippen molar-refractivity contribution < 1.29 is 9.21 Å². The number of oxazole rings is 1. The number of para-hydroxylation sites is 2. The van der Waals surface area contributed by atoms with Gasteiger partial charge in [0.1, 0.15) is 11.2 Å². The molecule has 8 heteroatoms. The molecule has 5 rings (SSSR count). The lowest BCUT2D eigenvalue weighted by molar-refractivity contribution is -0.111. The van der Waals surface area contributed by atoms with Crippen molar-refractivity contribution in [2.45, 2.75) is 6.54 Å². The van der Waals surface area contributed by atoms with E-state index in [1.54, 1.807) is 16.9 Å². The minimum atomic E-state index is -0.315. The van der Waals surface area contributed by atoms with Crippen LogP contribution in [0.15, 0.2) is 77.6 Å². The molecule has 0 saturated carbocycles. The standard InChI is InChI=1S/C21H16N6O2/c28-20(8-9-21-23-16-5-1-2-6-17(16)29-21)24-18-10-12-27(25-18)14-15-13-26-11-4-3-7-19(26)22-15/h1-13H,14H2,(H,24,25,28)/b9-8-. The van der Waals surface area contributed by atoms with E-state index in [-0.39, 0.29) is 5.91 Å². The van der Waals surface area contributed by atoms with Crippen LogP contribution in [0.4, 0.5) is 5.82 Å². The summed E-state index contributed by atoms with van der Waals surface area (Å²) >= 11 is 0. The van der Waals surface area contributed by atoms with Crippen LogP contribution >= 0.6 is 0 Å². The Hall–Kier alpha value is -4.20. The molecule has 1 amide bonds. The molecule has 0 spiro atoms. The van der Waals surface area contributed by atoms with Crippen molar-refractivity contribution in [1.29, 1.82) is 0 Å². The van der Waals surface area contributed by atoms with Crippen LogP contribution in [0.5, 0.6) is 0 Å². The second-order valence-electron chi connectivity index (χ2n) is 6.44. The van der Waals surface area contributed by atoms with Gasteiger partial charge < -0.3 is 14.1 Å². The summed E-state index contributed by atoms with van der Waals surface area (Å²) in [5, 5.41) is 7.09. The number of aromatic nitrogens is 5. The van der Waals surface area contributed by atoms with Crippen LogP contribution in [0.2, 0.25) is 0 Å². The zero-order chi connectivity index (χ0) is 19.6. The number of anilines is 1. The first-order valence-electron chi connectivity index (χ1n) is 9.04. The molecule has 0 aliphatic rings. The molecule has 8 nitrogen and oxygen atoms in total. The smallest absolute Gasteiger partial charge is 0.249 e. The summed E-state index contributed by atoms with van der Waals surface area (Å²) in [4.78, 5) is 21.0. The quantitative estimate of drug-likeness (QED) is 0.469. The monoisotopic (exact) mass is 384 g/mol. The largest absolute Gasteiger partial charge is 0.437 e. The second-order valence-corrected chi connectivity index (χ2v) is 6.44. The van der Waals surface area contributed by atoms with Gasteiger partial charge in [-0.3, -0.25) is 9.48 Å². The van der Waals surface area contributed by atoms with E-state index in [1.807, 2.05) is 59.3 Å². The molecule has 0 radical (unpaired) electrons. The number of carbonyl (C=O) groups excluding carboxylic acids is 1. The maximum absolute atomic E-state index is 12.2. The Labute approximate surface area is 165 Å². The molecular formula is C21H16N6O2. The summed E-state index contributed by atoms with van der Waals surface area (Å²) in [5.74, 6) is 0.518. The van der Waals surface area contributed by atoms with Gasteiger partial charge in [-0.05, 0) is 24.3 Å². The lowest BCUT2D eigenvalue weighted by atomic mass is 10.3. The van der Waals surface area contributed by atoms with Crippen LogP contribution in [0.25, 0.3) is 22.8 Å². The van der Waals surface area contributed by atoms with E-state index in [1.165, 1.54) is 12.2 Å². The van der Waals surface area contributed by atoms with Crippen LogP contribution in [0.1, 0.15) is 11.6 Å². The third-order valence-corrected chi connectivity index (χ3v) is 4.32. The zero-order valence-electron chi connectivity index (χ0n) is 15.3. The van der Waals surface area contributed by atoms with Gasteiger partial charge in [-0.2, -0.15) is 5.10 Å². The van der Waals surface area contributed by atoms with E-state index in [4.69, 9.17) is 4.42 Å². The fraction of sp³-hybridized carbons (Fsp3) is 0.0476. The minimum Gasteiger partial charge on any atom is -0.437 e. The first-order chi connectivity index (χ1) is 14.2. The molecule has 0 unspecified atom stereocenters. The van der Waals surface area contributed by atoms with Crippen molar-refractivity contribution in [3.05, 3.63) is 84.8 Å². The minimum absolute atomic E-state index is 0.315. The maximum Gasteiger partial charge on any atom is 0.249 e. The molecule has 0 fully saturated rings. The number of nitrogens with zero attached hydrogens (tertiary/aromatic N) is 5. The summed E-state index contributed by atoms with van der Waals surface area (Å²) in [5.41, 5.74) is 3.19. The van der Waals surface area contributed by atoms with Crippen molar-refractivity contribution in [3.8, 4) is 0 Å². The highest BCUT2D eigenvalue weighted by molar-refractivity contribution is 6.01. The highest BCUT2D eigenvalue weighted by atomic mass is 16.3. The van der Waals surface area contributed by atoms with Crippen LogP contribution in [-0.4, -0.2) is 30.1 Å². The van der Waals surface area contributed by atoms with Crippen LogP contribution in [0, 0.1) is 0 Å². The number of pyridine rings is 1. The number of nitrogens with one attached hydrogen (secondary N) is 1. The van der Waals surface area contributed by atoms with Gasteiger partial charge in [0.2, 0.25) is 11.8 Å². The number of amides is 1. The zero-order valence-corrected chi connectivity index (χ0v) is 15.3. The van der Waals surface area contributed by atoms with Gasteiger partial charge in [-0.25, -0.2) is 9.97 Å². The molecular weight excluding hydrogens is 368 g/mol. The molecule has 1 aromatic carbocycles. The van der Waals surface area contributed by atoms with E-state index in [0.29, 0.717) is 23.8 Å².